The second-order valence-electron chi connectivity index (χ2n) is 8.23. The van der Waals surface area contributed by atoms with Crippen LogP contribution in [0.4, 0.5) is 0 Å². The molecular formula is C21H30Cl2O5. The van der Waals surface area contributed by atoms with Gasteiger partial charge in [0.1, 0.15) is 23.6 Å². The summed E-state index contributed by atoms with van der Waals surface area (Å²) < 4.78 is 16.8. The van der Waals surface area contributed by atoms with Gasteiger partial charge in [-0.3, -0.25) is 9.59 Å². The SMILES string of the molecule is CC(C)[C@@H](Oc1ccc(Cl)cc1Cl)[C@H](C)OC(=O)[C@H](C)CC(=O)OC(C)(C)C. The van der Waals surface area contributed by atoms with E-state index in [0.29, 0.717) is 15.8 Å². The number of esters is 2. The van der Waals surface area contributed by atoms with Crippen molar-refractivity contribution in [2.45, 2.75) is 72.7 Å². The van der Waals surface area contributed by atoms with E-state index < -0.39 is 35.7 Å². The molecule has 0 saturated heterocycles. The number of benzene rings is 1. The van der Waals surface area contributed by atoms with Gasteiger partial charge in [-0.05, 0) is 51.8 Å². The Hall–Kier alpha value is -1.46. The van der Waals surface area contributed by atoms with E-state index in [2.05, 4.69) is 0 Å². The van der Waals surface area contributed by atoms with Crippen LogP contribution in [0, 0.1) is 11.8 Å². The van der Waals surface area contributed by atoms with Crippen LogP contribution in [0.15, 0.2) is 18.2 Å². The first-order valence-electron chi connectivity index (χ1n) is 9.34. The quantitative estimate of drug-likeness (QED) is 0.493. The first-order valence-corrected chi connectivity index (χ1v) is 10.1. The van der Waals surface area contributed by atoms with Crippen molar-refractivity contribution >= 4 is 35.1 Å². The van der Waals surface area contributed by atoms with Gasteiger partial charge in [-0.25, -0.2) is 0 Å². The highest BCUT2D eigenvalue weighted by molar-refractivity contribution is 6.35. The van der Waals surface area contributed by atoms with E-state index in [4.69, 9.17) is 37.4 Å². The molecule has 3 atom stereocenters. The lowest BCUT2D eigenvalue weighted by molar-refractivity contribution is -0.165. The molecule has 1 aromatic carbocycles. The van der Waals surface area contributed by atoms with Crippen LogP contribution in [0.3, 0.4) is 0 Å². The Morgan fingerprint density at radius 1 is 1.07 bits per heavy atom. The minimum Gasteiger partial charge on any atom is -0.485 e. The Bertz CT molecular complexity index is 682. The molecule has 1 aromatic rings. The van der Waals surface area contributed by atoms with Gasteiger partial charge in [0.2, 0.25) is 0 Å². The lowest BCUT2D eigenvalue weighted by Gasteiger charge is -2.29. The average molecular weight is 433 g/mol. The van der Waals surface area contributed by atoms with E-state index in [0.717, 1.165) is 0 Å². The van der Waals surface area contributed by atoms with Gasteiger partial charge in [0.15, 0.2) is 0 Å². The van der Waals surface area contributed by atoms with Gasteiger partial charge in [-0.1, -0.05) is 44.0 Å². The normalized spacial score (nSPS) is 14.9. The number of ether oxygens (including phenoxy) is 3. The molecule has 0 radical (unpaired) electrons. The molecule has 0 bridgehead atoms. The second-order valence-corrected chi connectivity index (χ2v) is 9.08. The number of halogens is 2. The molecule has 0 heterocycles. The van der Waals surface area contributed by atoms with E-state index >= 15 is 0 Å². The highest BCUT2D eigenvalue weighted by Gasteiger charge is 2.30. The van der Waals surface area contributed by atoms with Crippen LogP contribution in [0.1, 0.15) is 54.9 Å². The summed E-state index contributed by atoms with van der Waals surface area (Å²) in [6.07, 6.45) is -1.00. The molecule has 0 N–H and O–H groups in total. The van der Waals surface area contributed by atoms with Gasteiger partial charge in [-0.2, -0.15) is 0 Å². The van der Waals surface area contributed by atoms with Crippen molar-refractivity contribution < 1.29 is 23.8 Å². The third-order valence-corrected chi connectivity index (χ3v) is 4.40. The predicted octanol–water partition coefficient (Wildman–Crippen LogP) is 5.70. The number of hydrogen-bond donors (Lipinski definition) is 0. The zero-order valence-corrected chi connectivity index (χ0v) is 19.1. The van der Waals surface area contributed by atoms with Gasteiger partial charge >= 0.3 is 11.9 Å². The van der Waals surface area contributed by atoms with Crippen LogP contribution in [0.2, 0.25) is 10.0 Å². The van der Waals surface area contributed by atoms with Gasteiger partial charge in [0.05, 0.1) is 17.4 Å². The lowest BCUT2D eigenvalue weighted by atomic mass is 10.0. The van der Waals surface area contributed by atoms with Gasteiger partial charge in [0, 0.05) is 5.02 Å². The summed E-state index contributed by atoms with van der Waals surface area (Å²) in [4.78, 5) is 24.3. The molecular weight excluding hydrogens is 403 g/mol. The van der Waals surface area contributed by atoms with Crippen LogP contribution in [-0.2, 0) is 19.1 Å². The summed E-state index contributed by atoms with van der Waals surface area (Å²) >= 11 is 12.1. The molecule has 0 saturated carbocycles. The highest BCUT2D eigenvalue weighted by atomic mass is 35.5. The first kappa shape index (κ1) is 24.6. The minimum atomic E-state index is -0.621. The smallest absolute Gasteiger partial charge is 0.309 e. The van der Waals surface area contributed by atoms with Crippen LogP contribution < -0.4 is 4.74 Å². The van der Waals surface area contributed by atoms with Gasteiger partial charge in [0.25, 0.3) is 0 Å². The molecule has 5 nitrogen and oxygen atoms in total. The number of rotatable bonds is 8. The third kappa shape index (κ3) is 8.27. The lowest BCUT2D eigenvalue weighted by Crippen LogP contribution is -2.39. The summed E-state index contributed by atoms with van der Waals surface area (Å²) in [6, 6.07) is 4.95. The topological polar surface area (TPSA) is 61.8 Å². The molecule has 1 rings (SSSR count). The van der Waals surface area contributed by atoms with Crippen LogP contribution in [-0.4, -0.2) is 29.7 Å². The Balaban J connectivity index is 2.73. The van der Waals surface area contributed by atoms with Crippen molar-refractivity contribution in [2.75, 3.05) is 0 Å². The van der Waals surface area contributed by atoms with Crippen molar-refractivity contribution in [1.29, 1.82) is 0 Å². The molecule has 158 valence electrons. The van der Waals surface area contributed by atoms with E-state index in [1.165, 1.54) is 0 Å². The van der Waals surface area contributed by atoms with E-state index in [9.17, 15) is 9.59 Å². The van der Waals surface area contributed by atoms with Crippen molar-refractivity contribution in [3.05, 3.63) is 28.2 Å². The maximum atomic E-state index is 12.4. The molecule has 0 unspecified atom stereocenters. The number of hydrogen-bond acceptors (Lipinski definition) is 5. The summed E-state index contributed by atoms with van der Waals surface area (Å²) in [7, 11) is 0. The first-order chi connectivity index (χ1) is 12.8. The van der Waals surface area contributed by atoms with Crippen molar-refractivity contribution in [1.82, 2.24) is 0 Å². The fourth-order valence-electron chi connectivity index (χ4n) is 2.57. The van der Waals surface area contributed by atoms with E-state index in [1.807, 2.05) is 13.8 Å². The standard InChI is InChI=1S/C21H30Cl2O5/c1-12(2)19(27-17-9-8-15(22)11-16(17)23)14(4)26-20(25)13(3)10-18(24)28-21(5,6)7/h8-9,11-14,19H,10H2,1-7H3/t13-,14+,19-/m1/s1. The largest absolute Gasteiger partial charge is 0.485 e. The summed E-state index contributed by atoms with van der Waals surface area (Å²) in [5.74, 6) is -1.02. The summed E-state index contributed by atoms with van der Waals surface area (Å²) in [6.45, 7) is 12.7. The zero-order valence-electron chi connectivity index (χ0n) is 17.5. The van der Waals surface area contributed by atoms with Crippen LogP contribution >= 0.6 is 23.2 Å². The molecule has 0 amide bonds. The summed E-state index contributed by atoms with van der Waals surface area (Å²) in [5.41, 5.74) is -0.595. The third-order valence-electron chi connectivity index (χ3n) is 3.87. The molecule has 0 aliphatic carbocycles. The van der Waals surface area contributed by atoms with Crippen molar-refractivity contribution in [3.63, 3.8) is 0 Å². The predicted molar refractivity (Wildman–Crippen MR) is 111 cm³/mol. The molecule has 0 aromatic heterocycles. The van der Waals surface area contributed by atoms with Crippen molar-refractivity contribution in [3.8, 4) is 5.75 Å². The van der Waals surface area contributed by atoms with E-state index in [-0.39, 0.29) is 12.3 Å². The van der Waals surface area contributed by atoms with Crippen LogP contribution in [0.25, 0.3) is 0 Å². The maximum absolute atomic E-state index is 12.4. The van der Waals surface area contributed by atoms with Crippen molar-refractivity contribution in [2.24, 2.45) is 11.8 Å². The Morgan fingerprint density at radius 3 is 2.18 bits per heavy atom. The number of carbonyl (C=O) groups is 2. The highest BCUT2D eigenvalue weighted by Crippen LogP contribution is 2.30. The zero-order chi connectivity index (χ0) is 21.6. The Morgan fingerprint density at radius 2 is 1.68 bits per heavy atom. The second kappa shape index (κ2) is 10.4. The number of carbonyl (C=O) groups excluding carboxylic acids is 2. The maximum Gasteiger partial charge on any atom is 0.309 e. The van der Waals surface area contributed by atoms with Gasteiger partial charge < -0.3 is 14.2 Å². The summed E-state index contributed by atoms with van der Waals surface area (Å²) in [5, 5.41) is 0.892. The molecule has 7 heteroatoms. The molecule has 28 heavy (non-hydrogen) atoms. The monoisotopic (exact) mass is 432 g/mol. The molecule has 0 fully saturated rings. The van der Waals surface area contributed by atoms with Crippen LogP contribution in [0.5, 0.6) is 5.75 Å². The Kier molecular flexibility index (Phi) is 9.09. The van der Waals surface area contributed by atoms with Gasteiger partial charge in [-0.15, -0.1) is 0 Å². The fraction of sp³-hybridized carbons (Fsp3) is 0.619. The molecule has 0 spiro atoms. The fourth-order valence-corrected chi connectivity index (χ4v) is 3.03. The Labute approximate surface area is 177 Å². The molecule has 0 aliphatic heterocycles. The average Bonchev–Trinajstić information content (AvgIpc) is 2.51. The minimum absolute atomic E-state index is 0.0426. The molecule has 0 aliphatic rings. The van der Waals surface area contributed by atoms with E-state index in [1.54, 1.807) is 52.8 Å².